The first-order valence-electron chi connectivity index (χ1n) is 26.3. The third-order valence-electron chi connectivity index (χ3n) is 17.0. The minimum absolute atomic E-state index is 0.0217. The molecule has 0 radical (unpaired) electrons. The standard InChI is InChI=1S/C68H37N7O2S/c76-67-45-16-3-1-15-42(45)44-19-12-26-53-62(44)74(67)55-28-13-27-54-63(55)73(53)58-36-39(37-60-64(58)72(54)51-24-9-10-29-59(51)78-60)38-30-32-40(33-31-38)69-47-20-5-6-21-48(47)70-49-22-7-8-23-50(49)71-52-25-11-18-43-41-14-2-4-17-46(41)68(77)75(61(43)52)57-35-34-56(69)65(70)66(57)71/h1-37H. The maximum absolute atomic E-state index is 14.9. The molecular formula is C68H37N7O2S. The van der Waals surface area contributed by atoms with Crippen molar-refractivity contribution < 1.29 is 0 Å². The van der Waals surface area contributed by atoms with Crippen molar-refractivity contribution in [1.82, 2.24) is 31.1 Å². The highest BCUT2D eigenvalue weighted by Crippen LogP contribution is 2.45. The van der Waals surface area contributed by atoms with Gasteiger partial charge in [-0.1, -0.05) is 115 Å². The fourth-order valence-corrected chi connectivity index (χ4v) is 15.1. The number of benzene rings is 11. The Bertz CT molecular complexity index is 6050. The summed E-state index contributed by atoms with van der Waals surface area (Å²) >= 11 is 1.81. The Labute approximate surface area is 443 Å². The van der Waals surface area contributed by atoms with Gasteiger partial charge in [0.1, 0.15) is 0 Å². The van der Waals surface area contributed by atoms with E-state index >= 15 is 0 Å². The lowest BCUT2D eigenvalue weighted by Gasteiger charge is -2.27. The predicted octanol–water partition coefficient (Wildman–Crippen LogP) is 16.0. The Hall–Kier alpha value is -10.4. The van der Waals surface area contributed by atoms with Crippen molar-refractivity contribution in [1.29, 1.82) is 0 Å². The summed E-state index contributed by atoms with van der Waals surface area (Å²) in [5, 5.41) is 5.39. The lowest BCUT2D eigenvalue weighted by molar-refractivity contribution is 1.07. The van der Waals surface area contributed by atoms with Gasteiger partial charge in [-0.25, -0.2) is 0 Å². The number of para-hydroxylation sites is 8. The Morgan fingerprint density at radius 1 is 0.256 bits per heavy atom. The molecule has 8 heterocycles. The first-order chi connectivity index (χ1) is 38.6. The largest absolute Gasteiger partial charge is 0.306 e. The monoisotopic (exact) mass is 1020 g/mol. The van der Waals surface area contributed by atoms with E-state index in [1.165, 1.54) is 4.70 Å². The van der Waals surface area contributed by atoms with Gasteiger partial charge in [-0.15, -0.1) is 11.3 Å². The summed E-state index contributed by atoms with van der Waals surface area (Å²) in [6.07, 6.45) is 0. The number of hydrogen-bond donors (Lipinski definition) is 0. The van der Waals surface area contributed by atoms with Crippen molar-refractivity contribution in [2.24, 2.45) is 0 Å². The quantitative estimate of drug-likeness (QED) is 0.128. The Kier molecular flexibility index (Phi) is 7.49. The minimum atomic E-state index is -0.0296. The van der Waals surface area contributed by atoms with Gasteiger partial charge in [0.05, 0.1) is 109 Å². The zero-order valence-corrected chi connectivity index (χ0v) is 42.0. The second-order valence-corrected chi connectivity index (χ2v) is 21.9. The smallest absolute Gasteiger partial charge is 0.263 e. The molecule has 0 unspecified atom stereocenters. The maximum atomic E-state index is 14.9. The van der Waals surface area contributed by atoms with Crippen LogP contribution in [0.25, 0.3) is 158 Å². The van der Waals surface area contributed by atoms with Crippen LogP contribution >= 0.6 is 11.3 Å². The van der Waals surface area contributed by atoms with Gasteiger partial charge < -0.3 is 22.3 Å². The minimum Gasteiger partial charge on any atom is -0.306 e. The highest BCUT2D eigenvalue weighted by Gasteiger charge is 2.27. The highest BCUT2D eigenvalue weighted by molar-refractivity contribution is 7.24. The number of nitrogens with zero attached hydrogens (tertiary/aromatic N) is 7. The molecule has 0 spiro atoms. The third-order valence-corrected chi connectivity index (χ3v) is 18.1. The summed E-state index contributed by atoms with van der Waals surface area (Å²) in [7, 11) is 0. The normalized spacial score (nSPS) is 12.7. The number of hydrogen-bond acceptors (Lipinski definition) is 3. The second kappa shape index (κ2) is 14.3. The van der Waals surface area contributed by atoms with Crippen LogP contribution in [0.4, 0.5) is 0 Å². The van der Waals surface area contributed by atoms with Crippen LogP contribution in [0, 0.1) is 0 Å². The summed E-state index contributed by atoms with van der Waals surface area (Å²) in [6.45, 7) is 0. The Morgan fingerprint density at radius 2 is 0.705 bits per heavy atom. The van der Waals surface area contributed by atoms with Crippen molar-refractivity contribution >= 4 is 147 Å². The molecule has 78 heavy (non-hydrogen) atoms. The highest BCUT2D eigenvalue weighted by atomic mass is 32.1. The van der Waals surface area contributed by atoms with E-state index in [0.717, 1.165) is 143 Å². The lowest BCUT2D eigenvalue weighted by atomic mass is 10.0. The zero-order valence-electron chi connectivity index (χ0n) is 41.2. The molecule has 2 aliphatic heterocycles. The predicted molar refractivity (Wildman–Crippen MR) is 322 cm³/mol. The molecule has 0 fully saturated rings. The van der Waals surface area contributed by atoms with Crippen molar-refractivity contribution in [3.8, 4) is 22.5 Å². The average Bonchev–Trinajstić information content (AvgIpc) is 2.58. The molecule has 2 aliphatic rings. The van der Waals surface area contributed by atoms with E-state index in [-0.39, 0.29) is 11.1 Å². The topological polar surface area (TPSA) is 66.0 Å². The summed E-state index contributed by atoms with van der Waals surface area (Å²) in [5.74, 6) is 0. The molecule has 0 N–H and O–H groups in total. The molecule has 0 amide bonds. The average molecular weight is 1020 g/mol. The second-order valence-electron chi connectivity index (χ2n) is 20.8. The van der Waals surface area contributed by atoms with Crippen LogP contribution in [0.1, 0.15) is 0 Å². The zero-order chi connectivity index (χ0) is 50.8. The molecule has 9 nitrogen and oxygen atoms in total. The lowest BCUT2D eigenvalue weighted by Crippen LogP contribution is -2.20. The van der Waals surface area contributed by atoms with E-state index in [2.05, 4.69) is 210 Å². The van der Waals surface area contributed by atoms with Gasteiger partial charge in [0.2, 0.25) is 0 Å². The van der Waals surface area contributed by atoms with Crippen LogP contribution in [-0.4, -0.2) is 31.1 Å². The molecule has 0 saturated carbocycles. The van der Waals surface area contributed by atoms with Crippen LogP contribution in [-0.2, 0) is 0 Å². The van der Waals surface area contributed by atoms with Crippen molar-refractivity contribution in [3.63, 3.8) is 0 Å². The van der Waals surface area contributed by atoms with Crippen molar-refractivity contribution in [2.45, 2.75) is 0 Å². The summed E-state index contributed by atoms with van der Waals surface area (Å²) < 4.78 is 18.2. The van der Waals surface area contributed by atoms with Gasteiger partial charge in [0, 0.05) is 27.2 Å². The van der Waals surface area contributed by atoms with Gasteiger partial charge >= 0.3 is 0 Å². The molecule has 0 aliphatic carbocycles. The number of aromatic nitrogens is 7. The summed E-state index contributed by atoms with van der Waals surface area (Å²) in [6, 6.07) is 79.2. The first kappa shape index (κ1) is 40.9. The van der Waals surface area contributed by atoms with Gasteiger partial charge in [-0.2, -0.15) is 0 Å². The van der Waals surface area contributed by atoms with Gasteiger partial charge in [-0.05, 0) is 131 Å². The molecule has 6 aromatic heterocycles. The van der Waals surface area contributed by atoms with Gasteiger partial charge in [-0.3, -0.25) is 18.4 Å². The molecule has 11 aromatic carbocycles. The molecule has 0 atom stereocenters. The number of pyridine rings is 2. The van der Waals surface area contributed by atoms with E-state index in [4.69, 9.17) is 0 Å². The van der Waals surface area contributed by atoms with Crippen LogP contribution in [0.2, 0.25) is 0 Å². The molecule has 0 saturated heterocycles. The van der Waals surface area contributed by atoms with Crippen molar-refractivity contribution in [3.05, 3.63) is 245 Å². The Balaban J connectivity index is 0.906. The Morgan fingerprint density at radius 3 is 1.41 bits per heavy atom. The molecule has 0 bridgehead atoms. The summed E-state index contributed by atoms with van der Waals surface area (Å²) in [4.78, 5) is 29.7. The maximum Gasteiger partial charge on any atom is 0.263 e. The fourth-order valence-electron chi connectivity index (χ4n) is 14.0. The summed E-state index contributed by atoms with van der Waals surface area (Å²) in [5.41, 5.74) is 21.1. The molecule has 17 aromatic rings. The van der Waals surface area contributed by atoms with E-state index < -0.39 is 0 Å². The van der Waals surface area contributed by atoms with E-state index in [0.29, 0.717) is 10.8 Å². The fraction of sp³-hybridized carbons (Fsp3) is 0. The first-order valence-corrected chi connectivity index (χ1v) is 27.1. The van der Waals surface area contributed by atoms with E-state index in [1.54, 1.807) is 11.3 Å². The SMILES string of the molecule is O=c1c2ccccc2c2cccc3c2n1c1cccc2c1-n3c1cc(-c3ccc(-n4c5ccccc5n5c6ccccc6n6c7cccc8c9ccccc9c(=O)n(c9ccc4c5c96)c87)cc3)cc3sc4ccccc4n2c31. The molecular weight excluding hydrogens is 979 g/mol. The van der Waals surface area contributed by atoms with Crippen molar-refractivity contribution in [2.75, 3.05) is 0 Å². The van der Waals surface area contributed by atoms with Crippen LogP contribution in [0.15, 0.2) is 234 Å². The number of rotatable bonds is 2. The van der Waals surface area contributed by atoms with E-state index in [9.17, 15) is 9.59 Å². The molecule has 10 heteroatoms. The van der Waals surface area contributed by atoms with Crippen LogP contribution in [0.3, 0.4) is 0 Å². The van der Waals surface area contributed by atoms with E-state index in [1.807, 2.05) is 45.2 Å². The van der Waals surface area contributed by atoms with Crippen LogP contribution in [0.5, 0.6) is 0 Å². The molecule has 362 valence electrons. The molecule has 19 rings (SSSR count). The van der Waals surface area contributed by atoms with Gasteiger partial charge in [0.25, 0.3) is 11.1 Å². The van der Waals surface area contributed by atoms with Crippen LogP contribution < -0.4 is 11.1 Å². The number of fused-ring (bicyclic) bond motifs is 17. The van der Waals surface area contributed by atoms with Gasteiger partial charge in [0.15, 0.2) is 0 Å². The third kappa shape index (κ3) is 4.85.